The van der Waals surface area contributed by atoms with Gasteiger partial charge in [0.05, 0.1) is 7.11 Å². The summed E-state index contributed by atoms with van der Waals surface area (Å²) >= 11 is 0. The van der Waals surface area contributed by atoms with Gasteiger partial charge in [0.1, 0.15) is 18.2 Å². The van der Waals surface area contributed by atoms with E-state index in [2.05, 4.69) is 36.1 Å². The molecule has 0 heterocycles. The molecule has 1 atom stereocenters. The van der Waals surface area contributed by atoms with Crippen molar-refractivity contribution in [3.05, 3.63) is 0 Å². The smallest absolute Gasteiger partial charge is 0.408 e. The summed E-state index contributed by atoms with van der Waals surface area (Å²) in [6, 6.07) is -0.760. The molecular weight excluding hydrogens is 324 g/mol. The van der Waals surface area contributed by atoms with Gasteiger partial charge in [-0.05, 0) is 39.0 Å². The fourth-order valence-corrected chi connectivity index (χ4v) is 1.51. The van der Waals surface area contributed by atoms with Crippen LogP contribution in [0.3, 0.4) is 0 Å². The highest BCUT2D eigenvalue weighted by molar-refractivity contribution is 5.88. The molecule has 2 N–H and O–H groups in total. The first-order chi connectivity index (χ1) is 11.3. The van der Waals surface area contributed by atoms with Crippen molar-refractivity contribution in [1.82, 2.24) is 10.6 Å². The van der Waals surface area contributed by atoms with Gasteiger partial charge in [0, 0.05) is 0 Å². The zero-order valence-corrected chi connectivity index (χ0v) is 17.2. The van der Waals surface area contributed by atoms with Crippen LogP contribution in [0.1, 0.15) is 61.8 Å². The Morgan fingerprint density at radius 1 is 1.00 bits per heavy atom. The number of hydrogen-bond donors (Lipinski definition) is 2. The van der Waals surface area contributed by atoms with Crippen LogP contribution in [0, 0.1) is 11.8 Å². The van der Waals surface area contributed by atoms with Crippen LogP contribution in [-0.2, 0) is 19.1 Å². The molecule has 0 aromatic heterocycles. The summed E-state index contributed by atoms with van der Waals surface area (Å²) in [5.74, 6) is 0.0256. The Labute approximate surface area is 152 Å². The molecule has 0 aromatic rings. The van der Waals surface area contributed by atoms with Gasteiger partial charge >= 0.3 is 12.1 Å². The normalized spacial score (nSPS) is 12.0. The van der Waals surface area contributed by atoms with E-state index in [1.165, 1.54) is 7.11 Å². The summed E-state index contributed by atoms with van der Waals surface area (Å²) in [4.78, 5) is 34.8. The predicted octanol–water partition coefficient (Wildman–Crippen LogP) is 2.88. The van der Waals surface area contributed by atoms with Crippen LogP contribution in [0.15, 0.2) is 0 Å². The number of carbonyl (C=O) groups excluding carboxylic acids is 3. The molecule has 0 aliphatic rings. The second-order valence-electron chi connectivity index (χ2n) is 7.85. The maximum atomic E-state index is 12.0. The van der Waals surface area contributed by atoms with E-state index in [0.717, 1.165) is 5.92 Å². The molecule has 0 aliphatic carbocycles. The van der Waals surface area contributed by atoms with Crippen molar-refractivity contribution in [1.29, 1.82) is 0 Å². The van der Waals surface area contributed by atoms with E-state index in [9.17, 15) is 14.4 Å². The van der Waals surface area contributed by atoms with E-state index in [1.807, 2.05) is 13.8 Å². The molecule has 0 radical (unpaired) electrons. The summed E-state index contributed by atoms with van der Waals surface area (Å²) in [5, 5.41) is 4.94. The van der Waals surface area contributed by atoms with Crippen molar-refractivity contribution in [2.45, 2.75) is 73.5 Å². The summed E-state index contributed by atoms with van der Waals surface area (Å²) in [7, 11) is 1.24. The zero-order valence-electron chi connectivity index (χ0n) is 17.2. The lowest BCUT2D eigenvalue weighted by atomic mass is 10.0. The van der Waals surface area contributed by atoms with Gasteiger partial charge in [0.15, 0.2) is 0 Å². The lowest BCUT2D eigenvalue weighted by Gasteiger charge is -2.24. The SMILES string of the molecule is CC(C)C.COC(=O)CNC(=O)C(CC(C)C)NC(=O)OC(C)(C)C. The van der Waals surface area contributed by atoms with E-state index in [0.29, 0.717) is 6.42 Å². The number of alkyl carbamates (subject to hydrolysis) is 1. The van der Waals surface area contributed by atoms with Gasteiger partial charge in [-0.1, -0.05) is 34.6 Å². The average Bonchev–Trinajstić information content (AvgIpc) is 2.40. The summed E-state index contributed by atoms with van der Waals surface area (Å²) in [6.07, 6.45) is -0.229. The Hall–Kier alpha value is -1.79. The van der Waals surface area contributed by atoms with Crippen molar-refractivity contribution in [2.24, 2.45) is 11.8 Å². The molecule has 0 aromatic carbocycles. The third-order valence-electron chi connectivity index (χ3n) is 2.35. The monoisotopic (exact) mass is 360 g/mol. The van der Waals surface area contributed by atoms with Crippen molar-refractivity contribution < 1.29 is 23.9 Å². The van der Waals surface area contributed by atoms with E-state index in [4.69, 9.17) is 4.74 Å². The number of nitrogens with one attached hydrogen (secondary N) is 2. The van der Waals surface area contributed by atoms with Gasteiger partial charge in [0.25, 0.3) is 0 Å². The first-order valence-electron chi connectivity index (χ1n) is 8.62. The van der Waals surface area contributed by atoms with Gasteiger partial charge in [0.2, 0.25) is 5.91 Å². The molecule has 1 unspecified atom stereocenters. The van der Waals surface area contributed by atoms with Crippen LogP contribution in [0.2, 0.25) is 0 Å². The van der Waals surface area contributed by atoms with Gasteiger partial charge in [-0.2, -0.15) is 0 Å². The maximum Gasteiger partial charge on any atom is 0.408 e. The number of hydrogen-bond acceptors (Lipinski definition) is 5. The number of rotatable bonds is 6. The molecule has 0 saturated heterocycles. The summed E-state index contributed by atoms with van der Waals surface area (Å²) < 4.78 is 9.57. The highest BCUT2D eigenvalue weighted by atomic mass is 16.6. The minimum absolute atomic E-state index is 0.189. The van der Waals surface area contributed by atoms with Crippen LogP contribution in [0.25, 0.3) is 0 Å². The average molecular weight is 360 g/mol. The van der Waals surface area contributed by atoms with E-state index in [-0.39, 0.29) is 12.5 Å². The van der Waals surface area contributed by atoms with E-state index in [1.54, 1.807) is 20.8 Å². The molecule has 0 aliphatic heterocycles. The van der Waals surface area contributed by atoms with Crippen molar-refractivity contribution >= 4 is 18.0 Å². The maximum absolute atomic E-state index is 12.0. The van der Waals surface area contributed by atoms with Crippen LogP contribution < -0.4 is 10.6 Å². The standard InChI is InChI=1S/C14H26N2O5.C4H10/c1-9(2)7-10(12(18)15-8-11(17)20-6)16-13(19)21-14(3,4)5;1-4(2)3/h9-10H,7-8H2,1-6H3,(H,15,18)(H,16,19);4H,1-3H3. The molecule has 0 spiro atoms. The molecule has 25 heavy (non-hydrogen) atoms. The lowest BCUT2D eigenvalue weighted by Crippen LogP contribution is -2.49. The Morgan fingerprint density at radius 2 is 1.48 bits per heavy atom. The lowest BCUT2D eigenvalue weighted by molar-refractivity contribution is -0.141. The highest BCUT2D eigenvalue weighted by Crippen LogP contribution is 2.09. The second kappa shape index (κ2) is 12.6. The number of methoxy groups -OCH3 is 1. The summed E-state index contributed by atoms with van der Waals surface area (Å²) in [6.45, 7) is 15.3. The molecule has 0 rings (SSSR count). The Bertz CT molecular complexity index is 411. The zero-order chi connectivity index (χ0) is 20.2. The number of amides is 2. The van der Waals surface area contributed by atoms with Crippen molar-refractivity contribution in [2.75, 3.05) is 13.7 Å². The first kappa shape index (κ1) is 25.5. The molecule has 7 nitrogen and oxygen atoms in total. The van der Waals surface area contributed by atoms with Crippen LogP contribution in [0.5, 0.6) is 0 Å². The Morgan fingerprint density at radius 3 is 1.84 bits per heavy atom. The minimum Gasteiger partial charge on any atom is -0.468 e. The highest BCUT2D eigenvalue weighted by Gasteiger charge is 2.25. The topological polar surface area (TPSA) is 93.7 Å². The van der Waals surface area contributed by atoms with Gasteiger partial charge in [-0.25, -0.2) is 4.79 Å². The number of ether oxygens (including phenoxy) is 2. The molecule has 2 amide bonds. The summed E-state index contributed by atoms with van der Waals surface area (Å²) in [5.41, 5.74) is -0.644. The van der Waals surface area contributed by atoms with Gasteiger partial charge in [-0.3, -0.25) is 9.59 Å². The fourth-order valence-electron chi connectivity index (χ4n) is 1.51. The molecule has 148 valence electrons. The molecule has 0 bridgehead atoms. The quantitative estimate of drug-likeness (QED) is 0.710. The Balaban J connectivity index is 0. The number of esters is 1. The van der Waals surface area contributed by atoms with E-state index < -0.39 is 29.6 Å². The van der Waals surface area contributed by atoms with Crippen LogP contribution in [-0.4, -0.2) is 43.3 Å². The molecule has 7 heteroatoms. The fraction of sp³-hybridized carbons (Fsp3) is 0.833. The largest absolute Gasteiger partial charge is 0.468 e. The van der Waals surface area contributed by atoms with Crippen molar-refractivity contribution in [3.8, 4) is 0 Å². The Kier molecular flexibility index (Phi) is 12.8. The van der Waals surface area contributed by atoms with Crippen LogP contribution >= 0.6 is 0 Å². The van der Waals surface area contributed by atoms with Crippen molar-refractivity contribution in [3.63, 3.8) is 0 Å². The predicted molar refractivity (Wildman–Crippen MR) is 98.2 cm³/mol. The molecule has 0 fully saturated rings. The second-order valence-corrected chi connectivity index (χ2v) is 7.85. The third kappa shape index (κ3) is 18.4. The first-order valence-corrected chi connectivity index (χ1v) is 8.62. The van der Waals surface area contributed by atoms with Gasteiger partial charge in [-0.15, -0.1) is 0 Å². The molecular formula is C18H36N2O5. The van der Waals surface area contributed by atoms with E-state index >= 15 is 0 Å². The number of carbonyl (C=O) groups is 3. The van der Waals surface area contributed by atoms with Crippen LogP contribution in [0.4, 0.5) is 4.79 Å². The van der Waals surface area contributed by atoms with Gasteiger partial charge < -0.3 is 20.1 Å². The third-order valence-corrected chi connectivity index (χ3v) is 2.35. The molecule has 0 saturated carbocycles. The minimum atomic E-state index is -0.760.